The van der Waals surface area contributed by atoms with E-state index in [4.69, 9.17) is 5.11 Å². The zero-order valence-electron chi connectivity index (χ0n) is 8.79. The van der Waals surface area contributed by atoms with Gasteiger partial charge in [-0.25, -0.2) is 4.98 Å². The summed E-state index contributed by atoms with van der Waals surface area (Å²) in [6.07, 6.45) is 4.20. The molecule has 1 N–H and O–H groups in total. The normalized spacial score (nSPS) is 10.5. The predicted octanol–water partition coefficient (Wildman–Crippen LogP) is 2.77. The fourth-order valence-electron chi connectivity index (χ4n) is 1.17. The second-order valence-electron chi connectivity index (χ2n) is 3.33. The van der Waals surface area contributed by atoms with Crippen LogP contribution >= 0.6 is 11.8 Å². The van der Waals surface area contributed by atoms with Crippen molar-refractivity contribution in [3.8, 4) is 0 Å². The van der Waals surface area contributed by atoms with Crippen molar-refractivity contribution in [2.45, 2.75) is 38.3 Å². The number of hydrogen-bond donors (Lipinski definition) is 1. The highest BCUT2D eigenvalue weighted by molar-refractivity contribution is 7.99. The molecule has 1 aromatic rings. The van der Waals surface area contributed by atoms with Gasteiger partial charge in [-0.15, -0.1) is 11.8 Å². The molecule has 0 aliphatic heterocycles. The summed E-state index contributed by atoms with van der Waals surface area (Å²) in [6.45, 7) is 4.31. The molecule has 0 bridgehead atoms. The molecule has 0 aromatic carbocycles. The van der Waals surface area contributed by atoms with Gasteiger partial charge in [-0.1, -0.05) is 13.3 Å². The summed E-state index contributed by atoms with van der Waals surface area (Å²) >= 11 is 1.80. The number of aryl methyl sites for hydroxylation is 1. The Bertz CT molecular complexity index is 289. The van der Waals surface area contributed by atoms with Gasteiger partial charge < -0.3 is 5.11 Å². The predicted molar refractivity (Wildman–Crippen MR) is 60.5 cm³/mol. The second kappa shape index (κ2) is 6.04. The zero-order chi connectivity index (χ0) is 10.4. The molecule has 0 aliphatic rings. The van der Waals surface area contributed by atoms with Gasteiger partial charge in [0.25, 0.3) is 0 Å². The van der Waals surface area contributed by atoms with Crippen LogP contribution in [0.1, 0.15) is 30.9 Å². The summed E-state index contributed by atoms with van der Waals surface area (Å²) in [4.78, 5) is 4.32. The number of nitrogens with zero attached hydrogens (tertiary/aromatic N) is 1. The number of pyridine rings is 1. The topological polar surface area (TPSA) is 33.1 Å². The quantitative estimate of drug-likeness (QED) is 0.600. The Hall–Kier alpha value is -0.540. The molecule has 0 unspecified atom stereocenters. The Morgan fingerprint density at radius 3 is 2.86 bits per heavy atom. The van der Waals surface area contributed by atoms with Crippen LogP contribution in [0.4, 0.5) is 0 Å². The molecule has 0 atom stereocenters. The van der Waals surface area contributed by atoms with Crippen LogP contribution in [0, 0.1) is 6.92 Å². The number of aliphatic hydroxyl groups excluding tert-OH is 1. The standard InChI is InChI=1S/C11H17NOS/c1-3-4-5-14-11-9(2)6-10(8-13)7-12-11/h6-7,13H,3-5,8H2,1-2H3. The smallest absolute Gasteiger partial charge is 0.0989 e. The van der Waals surface area contributed by atoms with Crippen LogP contribution in [0.3, 0.4) is 0 Å². The first-order valence-corrected chi connectivity index (χ1v) is 5.95. The maximum atomic E-state index is 8.92. The first-order valence-electron chi connectivity index (χ1n) is 4.97. The van der Waals surface area contributed by atoms with Crippen LogP contribution in [0.5, 0.6) is 0 Å². The Labute approximate surface area is 89.8 Å². The van der Waals surface area contributed by atoms with Crippen molar-refractivity contribution >= 4 is 11.8 Å². The fraction of sp³-hybridized carbons (Fsp3) is 0.545. The van der Waals surface area contributed by atoms with E-state index in [2.05, 4.69) is 11.9 Å². The molecule has 0 aliphatic carbocycles. The van der Waals surface area contributed by atoms with Crippen LogP contribution in [0.25, 0.3) is 0 Å². The molecule has 1 rings (SSSR count). The van der Waals surface area contributed by atoms with Gasteiger partial charge in [-0.05, 0) is 36.3 Å². The third-order valence-corrected chi connectivity index (χ3v) is 3.20. The minimum Gasteiger partial charge on any atom is -0.392 e. The van der Waals surface area contributed by atoms with E-state index in [1.54, 1.807) is 18.0 Å². The van der Waals surface area contributed by atoms with Crippen LogP contribution in [-0.4, -0.2) is 15.8 Å². The van der Waals surface area contributed by atoms with Crippen molar-refractivity contribution in [1.29, 1.82) is 0 Å². The lowest BCUT2D eigenvalue weighted by molar-refractivity contribution is 0.281. The van der Waals surface area contributed by atoms with Gasteiger partial charge in [-0.3, -0.25) is 0 Å². The average Bonchev–Trinajstić information content (AvgIpc) is 2.20. The molecule has 0 amide bonds. The zero-order valence-corrected chi connectivity index (χ0v) is 9.60. The first-order chi connectivity index (χ1) is 6.77. The number of aromatic nitrogens is 1. The number of hydrogen-bond acceptors (Lipinski definition) is 3. The first kappa shape index (κ1) is 11.5. The monoisotopic (exact) mass is 211 g/mol. The van der Waals surface area contributed by atoms with E-state index in [9.17, 15) is 0 Å². The number of thioether (sulfide) groups is 1. The van der Waals surface area contributed by atoms with E-state index in [0.29, 0.717) is 0 Å². The number of aliphatic hydroxyl groups is 1. The van der Waals surface area contributed by atoms with E-state index in [0.717, 1.165) is 21.9 Å². The molecule has 1 aromatic heterocycles. The third kappa shape index (κ3) is 3.31. The Morgan fingerprint density at radius 1 is 1.50 bits per heavy atom. The molecule has 0 fully saturated rings. The lowest BCUT2D eigenvalue weighted by Crippen LogP contribution is -1.91. The third-order valence-electron chi connectivity index (χ3n) is 2.01. The summed E-state index contributed by atoms with van der Waals surface area (Å²) in [6, 6.07) is 2.00. The summed E-state index contributed by atoms with van der Waals surface area (Å²) in [7, 11) is 0. The van der Waals surface area contributed by atoms with Crippen molar-refractivity contribution in [2.75, 3.05) is 5.75 Å². The van der Waals surface area contributed by atoms with Crippen LogP contribution in [0.15, 0.2) is 17.3 Å². The van der Waals surface area contributed by atoms with Crippen LogP contribution in [0.2, 0.25) is 0 Å². The Balaban J connectivity index is 2.59. The van der Waals surface area contributed by atoms with Gasteiger partial charge in [0.1, 0.15) is 0 Å². The Kier molecular flexibility index (Phi) is 4.98. The molecule has 0 saturated heterocycles. The molecule has 2 nitrogen and oxygen atoms in total. The van der Waals surface area contributed by atoms with Crippen molar-refractivity contribution in [3.63, 3.8) is 0 Å². The molecule has 3 heteroatoms. The van der Waals surface area contributed by atoms with Crippen molar-refractivity contribution in [2.24, 2.45) is 0 Å². The van der Waals surface area contributed by atoms with E-state index in [1.165, 1.54) is 12.8 Å². The highest BCUT2D eigenvalue weighted by Crippen LogP contribution is 2.21. The summed E-state index contributed by atoms with van der Waals surface area (Å²) in [5, 5.41) is 10.0. The maximum Gasteiger partial charge on any atom is 0.0989 e. The van der Waals surface area contributed by atoms with Crippen molar-refractivity contribution in [3.05, 3.63) is 23.4 Å². The van der Waals surface area contributed by atoms with Crippen molar-refractivity contribution in [1.82, 2.24) is 4.98 Å². The van der Waals surface area contributed by atoms with Crippen molar-refractivity contribution < 1.29 is 5.11 Å². The molecule has 1 heterocycles. The highest BCUT2D eigenvalue weighted by Gasteiger charge is 2.01. The van der Waals surface area contributed by atoms with Crippen LogP contribution in [-0.2, 0) is 6.61 Å². The fourth-order valence-corrected chi connectivity index (χ4v) is 2.21. The average molecular weight is 211 g/mol. The lowest BCUT2D eigenvalue weighted by atomic mass is 10.2. The molecule has 0 spiro atoms. The van der Waals surface area contributed by atoms with E-state index in [1.807, 2.05) is 13.0 Å². The van der Waals surface area contributed by atoms with E-state index >= 15 is 0 Å². The van der Waals surface area contributed by atoms with Gasteiger partial charge in [-0.2, -0.15) is 0 Å². The molecule has 14 heavy (non-hydrogen) atoms. The lowest BCUT2D eigenvalue weighted by Gasteiger charge is -2.05. The highest BCUT2D eigenvalue weighted by atomic mass is 32.2. The minimum absolute atomic E-state index is 0.0771. The van der Waals surface area contributed by atoms with Gasteiger partial charge in [0.2, 0.25) is 0 Å². The second-order valence-corrected chi connectivity index (χ2v) is 4.41. The van der Waals surface area contributed by atoms with Crippen LogP contribution < -0.4 is 0 Å². The van der Waals surface area contributed by atoms with Gasteiger partial charge in [0, 0.05) is 6.20 Å². The molecular formula is C11H17NOS. The maximum absolute atomic E-state index is 8.92. The van der Waals surface area contributed by atoms with Gasteiger partial charge >= 0.3 is 0 Å². The largest absolute Gasteiger partial charge is 0.392 e. The summed E-state index contributed by atoms with van der Waals surface area (Å²) in [5.74, 6) is 1.13. The molecule has 78 valence electrons. The summed E-state index contributed by atoms with van der Waals surface area (Å²) in [5.41, 5.74) is 2.06. The van der Waals surface area contributed by atoms with E-state index in [-0.39, 0.29) is 6.61 Å². The van der Waals surface area contributed by atoms with Gasteiger partial charge in [0.05, 0.1) is 11.6 Å². The molecular weight excluding hydrogens is 194 g/mol. The summed E-state index contributed by atoms with van der Waals surface area (Å²) < 4.78 is 0. The number of rotatable bonds is 5. The van der Waals surface area contributed by atoms with Gasteiger partial charge in [0.15, 0.2) is 0 Å². The molecule has 0 saturated carbocycles. The van der Waals surface area contributed by atoms with E-state index < -0.39 is 0 Å². The molecule has 0 radical (unpaired) electrons. The Morgan fingerprint density at radius 2 is 2.29 bits per heavy atom. The number of unbranched alkanes of at least 4 members (excludes halogenated alkanes) is 1. The SMILES string of the molecule is CCCCSc1ncc(CO)cc1C. The minimum atomic E-state index is 0.0771.